The first-order valence-electron chi connectivity index (χ1n) is 18.3. The minimum Gasteiger partial charge on any atom is -0.380 e. The zero-order chi connectivity index (χ0) is 36.0. The summed E-state index contributed by atoms with van der Waals surface area (Å²) in [6.45, 7) is 1.36. The zero-order valence-corrected chi connectivity index (χ0v) is 26.6. The summed E-state index contributed by atoms with van der Waals surface area (Å²) in [6, 6.07) is 6.69. The van der Waals surface area contributed by atoms with Crippen LogP contribution in [-0.2, 0) is 16.1 Å². The van der Waals surface area contributed by atoms with E-state index in [0.717, 1.165) is 18.9 Å². The van der Waals surface area contributed by atoms with Crippen LogP contribution in [0.5, 0.6) is 0 Å². The molecule has 10 nitrogen and oxygen atoms in total. The summed E-state index contributed by atoms with van der Waals surface area (Å²) in [6.07, 6.45) is 2.13. The molecule has 0 unspecified atom stereocenters. The number of aromatic nitrogens is 4. The Morgan fingerprint density at radius 3 is 2.77 bits per heavy atom. The van der Waals surface area contributed by atoms with Crippen molar-refractivity contribution in [3.05, 3.63) is 47.4 Å². The summed E-state index contributed by atoms with van der Waals surface area (Å²) in [5.41, 5.74) is 7.83. The maximum atomic E-state index is 16.2. The molecule has 0 spiro atoms. The molecule has 1 saturated heterocycles. The standard InChI is InChI=1S/C35H40F3N7O3/c1-18-26-8-5-20-15-28(44(31(20)41-26)17-35(37,38)10-3-4-19-12-23(19)33(46)40-18)32-42-27-14-21(13-24(36)30(27)45(32)22-6-7-22)34(47)43-11-9-29(48-2)25(39)16-43/h5,8,13-15,18-19,22-23,25,29H,3-4,6-7,9-12,16-17,39H2,1-2H3,(H,40,46)/t18-,19-,23-,25+,29-/m1/s1/i2D3. The van der Waals surface area contributed by atoms with Crippen molar-refractivity contribution in [3.63, 3.8) is 0 Å². The van der Waals surface area contributed by atoms with Gasteiger partial charge in [0.2, 0.25) is 5.91 Å². The van der Waals surface area contributed by atoms with Crippen molar-refractivity contribution >= 4 is 33.9 Å². The highest BCUT2D eigenvalue weighted by molar-refractivity contribution is 5.98. The molecule has 2 amide bonds. The molecule has 2 bridgehead atoms. The molecule has 3 aromatic heterocycles. The van der Waals surface area contributed by atoms with E-state index in [0.29, 0.717) is 41.1 Å². The number of ether oxygens (including phenoxy) is 1. The van der Waals surface area contributed by atoms with Crippen LogP contribution < -0.4 is 11.1 Å². The maximum Gasteiger partial charge on any atom is 0.265 e. The van der Waals surface area contributed by atoms with Gasteiger partial charge in [0.1, 0.15) is 17.0 Å². The van der Waals surface area contributed by atoms with Gasteiger partial charge in [0.05, 0.1) is 39.7 Å². The normalized spacial score (nSPS) is 28.8. The Hall–Kier alpha value is -3.97. The Morgan fingerprint density at radius 2 is 2.00 bits per heavy atom. The number of nitrogens with zero attached hydrogens (tertiary/aromatic N) is 5. The number of piperidine rings is 1. The third-order valence-corrected chi connectivity index (χ3v) is 10.5. The van der Waals surface area contributed by atoms with Gasteiger partial charge in [0, 0.05) is 55.5 Å². The number of likely N-dealkylation sites (tertiary alicyclic amines) is 1. The van der Waals surface area contributed by atoms with Crippen molar-refractivity contribution < 1.29 is 31.6 Å². The van der Waals surface area contributed by atoms with Crippen molar-refractivity contribution in [1.82, 2.24) is 29.3 Å². The molecule has 2 saturated carbocycles. The van der Waals surface area contributed by atoms with Gasteiger partial charge < -0.3 is 29.8 Å². The number of nitrogens with two attached hydrogens (primary N) is 1. The minimum absolute atomic E-state index is 0.0217. The first-order chi connectivity index (χ1) is 24.2. The molecule has 3 N–H and O–H groups in total. The van der Waals surface area contributed by atoms with Crippen molar-refractivity contribution in [2.24, 2.45) is 17.6 Å². The number of halogens is 3. The highest BCUT2D eigenvalue weighted by Crippen LogP contribution is 2.45. The zero-order valence-electron chi connectivity index (χ0n) is 29.6. The van der Waals surface area contributed by atoms with Gasteiger partial charge in [-0.1, -0.05) is 0 Å². The van der Waals surface area contributed by atoms with E-state index in [1.54, 1.807) is 22.8 Å². The molecule has 2 aliphatic heterocycles. The molecule has 3 fully saturated rings. The van der Waals surface area contributed by atoms with Crippen LogP contribution in [0, 0.1) is 17.7 Å². The molecule has 2 aliphatic carbocycles. The monoisotopic (exact) mass is 666 g/mol. The average Bonchev–Trinajstić information content (AvgIpc) is 3.98. The number of hydrogen-bond donors (Lipinski definition) is 2. The quantitative estimate of drug-likeness (QED) is 0.303. The molecular formula is C35H40F3N7O3. The summed E-state index contributed by atoms with van der Waals surface area (Å²) >= 11 is 0. The van der Waals surface area contributed by atoms with E-state index in [1.165, 1.54) is 15.5 Å². The lowest BCUT2D eigenvalue weighted by Gasteiger charge is -2.35. The number of pyridine rings is 1. The number of carbonyl (C=O) groups is 2. The van der Waals surface area contributed by atoms with Gasteiger partial charge in [0.15, 0.2) is 5.82 Å². The molecular weight excluding hydrogens is 623 g/mol. The van der Waals surface area contributed by atoms with E-state index < -0.39 is 49.4 Å². The van der Waals surface area contributed by atoms with E-state index in [1.807, 2.05) is 6.92 Å². The number of fused-ring (bicyclic) bond motifs is 3. The fourth-order valence-electron chi connectivity index (χ4n) is 7.59. The number of methoxy groups -OCH3 is 1. The fraction of sp³-hybridized carbons (Fsp3) is 0.543. The molecule has 1 aromatic carbocycles. The topological polar surface area (TPSA) is 120 Å². The molecule has 48 heavy (non-hydrogen) atoms. The first-order valence-corrected chi connectivity index (χ1v) is 16.8. The first kappa shape index (κ1) is 27.9. The smallest absolute Gasteiger partial charge is 0.265 e. The third-order valence-electron chi connectivity index (χ3n) is 10.5. The lowest BCUT2D eigenvalue weighted by Crippen LogP contribution is -2.53. The molecule has 4 aliphatic rings. The van der Waals surface area contributed by atoms with Gasteiger partial charge in [0.25, 0.3) is 11.8 Å². The highest BCUT2D eigenvalue weighted by atomic mass is 19.3. The summed E-state index contributed by atoms with van der Waals surface area (Å²) in [5, 5.41) is 3.65. The Labute approximate surface area is 280 Å². The third kappa shape index (κ3) is 5.54. The van der Waals surface area contributed by atoms with Gasteiger partial charge >= 0.3 is 0 Å². The Bertz CT molecular complexity index is 2050. The SMILES string of the molecule is [2H]C([2H])([2H])O[C@@H]1CCN(C(=O)c2cc(F)c3c(c2)nc(-c2cc4ccc5nc4n2CC(F)(F)CCC[C@@H]2C[C@H]2C(=O)N[C@@H]5C)n3C2CC2)C[C@@H]1N. The van der Waals surface area contributed by atoms with Crippen LogP contribution in [0.15, 0.2) is 30.3 Å². The van der Waals surface area contributed by atoms with Gasteiger partial charge in [-0.15, -0.1) is 0 Å². The van der Waals surface area contributed by atoms with E-state index in [9.17, 15) is 9.59 Å². The van der Waals surface area contributed by atoms with Crippen LogP contribution in [-0.4, -0.2) is 74.0 Å². The molecule has 4 aromatic rings. The minimum atomic E-state index is -3.09. The number of nitrogens with one attached hydrogen (secondary N) is 1. The van der Waals surface area contributed by atoms with Crippen molar-refractivity contribution in [3.8, 4) is 11.5 Å². The molecule has 8 rings (SSSR count). The number of hydrogen-bond acceptors (Lipinski definition) is 6. The predicted octanol–water partition coefficient (Wildman–Crippen LogP) is 5.35. The van der Waals surface area contributed by atoms with Crippen molar-refractivity contribution in [2.45, 2.75) is 88.6 Å². The second-order valence-corrected chi connectivity index (χ2v) is 14.1. The Balaban J connectivity index is 1.18. The van der Waals surface area contributed by atoms with E-state index in [-0.39, 0.29) is 72.7 Å². The second-order valence-electron chi connectivity index (χ2n) is 14.1. The van der Waals surface area contributed by atoms with Gasteiger partial charge in [-0.2, -0.15) is 0 Å². The Kier molecular flexibility index (Phi) is 6.74. The van der Waals surface area contributed by atoms with E-state index >= 15 is 13.2 Å². The highest BCUT2D eigenvalue weighted by Gasteiger charge is 2.44. The predicted molar refractivity (Wildman–Crippen MR) is 173 cm³/mol. The number of amides is 2. The Morgan fingerprint density at radius 1 is 1.17 bits per heavy atom. The number of benzene rings is 1. The molecule has 5 heterocycles. The molecule has 5 atom stereocenters. The van der Waals surface area contributed by atoms with Crippen LogP contribution >= 0.6 is 0 Å². The van der Waals surface area contributed by atoms with Crippen LogP contribution in [0.3, 0.4) is 0 Å². The summed E-state index contributed by atoms with van der Waals surface area (Å²) in [4.78, 5) is 37.6. The number of carbonyl (C=O) groups excluding carboxylic acids is 2. The lowest BCUT2D eigenvalue weighted by molar-refractivity contribution is -0.123. The van der Waals surface area contributed by atoms with Crippen LogP contribution in [0.4, 0.5) is 13.2 Å². The lowest BCUT2D eigenvalue weighted by atomic mass is 10.0. The van der Waals surface area contributed by atoms with Crippen LogP contribution in [0.1, 0.15) is 84.1 Å². The number of imidazole rings is 1. The van der Waals surface area contributed by atoms with Crippen molar-refractivity contribution in [1.29, 1.82) is 0 Å². The van der Waals surface area contributed by atoms with Crippen LogP contribution in [0.2, 0.25) is 0 Å². The van der Waals surface area contributed by atoms with Gasteiger partial charge in [-0.05, 0) is 81.7 Å². The largest absolute Gasteiger partial charge is 0.380 e. The number of alkyl halides is 2. The molecule has 254 valence electrons. The van der Waals surface area contributed by atoms with E-state index in [2.05, 4.69) is 5.32 Å². The number of rotatable bonds is 4. The molecule has 0 radical (unpaired) electrons. The van der Waals surface area contributed by atoms with Crippen molar-refractivity contribution in [2.75, 3.05) is 20.1 Å². The van der Waals surface area contributed by atoms with Crippen LogP contribution in [0.25, 0.3) is 33.6 Å². The summed E-state index contributed by atoms with van der Waals surface area (Å²) in [5.74, 6) is -4.07. The molecule has 13 heteroatoms. The second kappa shape index (κ2) is 11.6. The summed E-state index contributed by atoms with van der Waals surface area (Å²) < 4.78 is 78.3. The van der Waals surface area contributed by atoms with E-state index in [4.69, 9.17) is 24.6 Å². The van der Waals surface area contributed by atoms with Gasteiger partial charge in [-0.25, -0.2) is 23.1 Å². The summed E-state index contributed by atoms with van der Waals surface area (Å²) in [7, 11) is -2.62. The van der Waals surface area contributed by atoms with Gasteiger partial charge in [-0.3, -0.25) is 9.59 Å². The fourth-order valence-corrected chi connectivity index (χ4v) is 7.59. The maximum absolute atomic E-state index is 16.2. The average molecular weight is 667 g/mol.